The molecule has 0 atom stereocenters. The highest BCUT2D eigenvalue weighted by molar-refractivity contribution is 5.94. The summed E-state index contributed by atoms with van der Waals surface area (Å²) < 4.78 is 23.4. The minimum absolute atomic E-state index is 0.0207. The molecule has 0 saturated heterocycles. The number of ether oxygens (including phenoxy) is 2. The number of benzene rings is 1. The predicted octanol–water partition coefficient (Wildman–Crippen LogP) is 2.68. The maximum Gasteiger partial charge on any atom is 0.339 e. The van der Waals surface area contributed by atoms with Gasteiger partial charge in [-0.15, -0.1) is 0 Å². The summed E-state index contributed by atoms with van der Waals surface area (Å²) in [5, 5.41) is 11.9. The SMILES string of the molecule is COc1ccc(Nc2ncc(F)cc2C(=O)O)c(OC)c1. The summed E-state index contributed by atoms with van der Waals surface area (Å²) >= 11 is 0. The van der Waals surface area contributed by atoms with E-state index in [1.165, 1.54) is 14.2 Å². The number of hydrogen-bond donors (Lipinski definition) is 2. The number of aromatic carboxylic acids is 1. The highest BCUT2D eigenvalue weighted by Crippen LogP contribution is 2.31. The largest absolute Gasteiger partial charge is 0.497 e. The molecule has 0 unspecified atom stereocenters. The molecular weight excluding hydrogens is 279 g/mol. The number of anilines is 2. The molecule has 2 rings (SSSR count). The van der Waals surface area contributed by atoms with Crippen LogP contribution in [-0.2, 0) is 0 Å². The van der Waals surface area contributed by atoms with E-state index in [0.29, 0.717) is 17.2 Å². The van der Waals surface area contributed by atoms with Gasteiger partial charge in [0.1, 0.15) is 28.7 Å². The van der Waals surface area contributed by atoms with Crippen LogP contribution >= 0.6 is 0 Å². The van der Waals surface area contributed by atoms with Gasteiger partial charge in [0.15, 0.2) is 0 Å². The molecule has 110 valence electrons. The van der Waals surface area contributed by atoms with Gasteiger partial charge in [0.2, 0.25) is 0 Å². The third-order valence-corrected chi connectivity index (χ3v) is 2.75. The average Bonchev–Trinajstić information content (AvgIpc) is 2.49. The fraction of sp³-hybridized carbons (Fsp3) is 0.143. The van der Waals surface area contributed by atoms with E-state index in [0.717, 1.165) is 12.3 Å². The summed E-state index contributed by atoms with van der Waals surface area (Å²) in [4.78, 5) is 14.9. The van der Waals surface area contributed by atoms with Gasteiger partial charge in [-0.1, -0.05) is 0 Å². The zero-order chi connectivity index (χ0) is 15.4. The lowest BCUT2D eigenvalue weighted by molar-refractivity contribution is 0.0697. The van der Waals surface area contributed by atoms with E-state index in [1.54, 1.807) is 18.2 Å². The van der Waals surface area contributed by atoms with Crippen LogP contribution in [0.15, 0.2) is 30.5 Å². The number of methoxy groups -OCH3 is 2. The van der Waals surface area contributed by atoms with Gasteiger partial charge in [-0.25, -0.2) is 14.2 Å². The first-order valence-corrected chi connectivity index (χ1v) is 5.93. The van der Waals surface area contributed by atoms with E-state index in [4.69, 9.17) is 14.6 Å². The quantitative estimate of drug-likeness (QED) is 0.882. The topological polar surface area (TPSA) is 80.7 Å². The van der Waals surface area contributed by atoms with Crippen LogP contribution < -0.4 is 14.8 Å². The third kappa shape index (κ3) is 3.19. The number of carbonyl (C=O) groups is 1. The molecule has 0 bridgehead atoms. The number of hydrogen-bond acceptors (Lipinski definition) is 5. The number of aromatic nitrogens is 1. The van der Waals surface area contributed by atoms with Crippen molar-refractivity contribution in [1.29, 1.82) is 0 Å². The maximum atomic E-state index is 13.1. The van der Waals surface area contributed by atoms with Crippen molar-refractivity contribution >= 4 is 17.5 Å². The molecule has 6 nitrogen and oxygen atoms in total. The summed E-state index contributed by atoms with van der Waals surface area (Å²) in [5.74, 6) is -0.955. The Hall–Kier alpha value is -2.83. The van der Waals surface area contributed by atoms with Crippen molar-refractivity contribution in [1.82, 2.24) is 4.98 Å². The van der Waals surface area contributed by atoms with Crippen molar-refractivity contribution < 1.29 is 23.8 Å². The smallest absolute Gasteiger partial charge is 0.339 e. The molecule has 1 aromatic carbocycles. The Labute approximate surface area is 120 Å². The van der Waals surface area contributed by atoms with Gasteiger partial charge in [0.25, 0.3) is 0 Å². The maximum absolute atomic E-state index is 13.1. The Bertz CT molecular complexity index is 676. The van der Waals surface area contributed by atoms with Crippen LogP contribution in [-0.4, -0.2) is 30.3 Å². The van der Waals surface area contributed by atoms with Crippen LogP contribution in [0, 0.1) is 5.82 Å². The Morgan fingerprint density at radius 1 is 1.29 bits per heavy atom. The zero-order valence-corrected chi connectivity index (χ0v) is 11.4. The summed E-state index contributed by atoms with van der Waals surface area (Å²) in [6.45, 7) is 0. The molecule has 1 heterocycles. The van der Waals surface area contributed by atoms with E-state index in [1.807, 2.05) is 0 Å². The highest BCUT2D eigenvalue weighted by Gasteiger charge is 2.15. The van der Waals surface area contributed by atoms with E-state index in [-0.39, 0.29) is 11.4 Å². The molecular formula is C14H13FN2O4. The second-order valence-electron chi connectivity index (χ2n) is 4.05. The fourth-order valence-electron chi connectivity index (χ4n) is 1.73. The fourth-order valence-corrected chi connectivity index (χ4v) is 1.73. The molecule has 0 fully saturated rings. The molecule has 2 N–H and O–H groups in total. The Morgan fingerprint density at radius 3 is 2.67 bits per heavy atom. The van der Waals surface area contributed by atoms with Crippen LogP contribution in [0.4, 0.5) is 15.9 Å². The normalized spacial score (nSPS) is 10.0. The Kier molecular flexibility index (Phi) is 4.22. The monoisotopic (exact) mass is 292 g/mol. The Morgan fingerprint density at radius 2 is 2.05 bits per heavy atom. The van der Waals surface area contributed by atoms with Crippen molar-refractivity contribution in [2.45, 2.75) is 0 Å². The van der Waals surface area contributed by atoms with Crippen LogP contribution in [0.3, 0.4) is 0 Å². The van der Waals surface area contributed by atoms with Gasteiger partial charge < -0.3 is 19.9 Å². The first kappa shape index (κ1) is 14.6. The Balaban J connectivity index is 2.40. The molecule has 21 heavy (non-hydrogen) atoms. The minimum atomic E-state index is -1.28. The van der Waals surface area contributed by atoms with Gasteiger partial charge in [-0.2, -0.15) is 0 Å². The van der Waals surface area contributed by atoms with Crippen LogP contribution in [0.2, 0.25) is 0 Å². The summed E-state index contributed by atoms with van der Waals surface area (Å²) in [7, 11) is 2.99. The van der Waals surface area contributed by atoms with Crippen molar-refractivity contribution in [3.63, 3.8) is 0 Å². The first-order chi connectivity index (χ1) is 10.0. The first-order valence-electron chi connectivity index (χ1n) is 5.93. The van der Waals surface area contributed by atoms with Gasteiger partial charge >= 0.3 is 5.97 Å². The second-order valence-corrected chi connectivity index (χ2v) is 4.05. The molecule has 7 heteroatoms. The van der Waals surface area contributed by atoms with Crippen LogP contribution in [0.5, 0.6) is 11.5 Å². The molecule has 0 amide bonds. The van der Waals surface area contributed by atoms with Gasteiger partial charge in [-0.05, 0) is 18.2 Å². The van der Waals surface area contributed by atoms with E-state index >= 15 is 0 Å². The molecule has 0 spiro atoms. The lowest BCUT2D eigenvalue weighted by atomic mass is 10.2. The van der Waals surface area contributed by atoms with Crippen LogP contribution in [0.1, 0.15) is 10.4 Å². The molecule has 1 aromatic heterocycles. The number of rotatable bonds is 5. The lowest BCUT2D eigenvalue weighted by Crippen LogP contribution is -2.06. The summed E-state index contributed by atoms with van der Waals surface area (Å²) in [5.41, 5.74) is 0.216. The standard InChI is InChI=1S/C14H13FN2O4/c1-20-9-3-4-11(12(6-9)21-2)17-13-10(14(18)19)5-8(15)7-16-13/h3-7H,1-2H3,(H,16,17)(H,18,19). The molecule has 2 aromatic rings. The van der Waals surface area contributed by atoms with Gasteiger partial charge in [0.05, 0.1) is 26.1 Å². The van der Waals surface area contributed by atoms with Crippen molar-refractivity contribution in [2.75, 3.05) is 19.5 Å². The van der Waals surface area contributed by atoms with Crippen molar-refractivity contribution in [3.8, 4) is 11.5 Å². The van der Waals surface area contributed by atoms with E-state index < -0.39 is 11.8 Å². The van der Waals surface area contributed by atoms with Crippen molar-refractivity contribution in [3.05, 3.63) is 41.8 Å². The number of nitrogens with one attached hydrogen (secondary N) is 1. The molecule has 0 aliphatic rings. The van der Waals surface area contributed by atoms with Gasteiger partial charge in [0, 0.05) is 6.07 Å². The number of carboxylic acid groups (broad SMARTS) is 1. The lowest BCUT2D eigenvalue weighted by Gasteiger charge is -2.13. The number of halogens is 1. The predicted molar refractivity (Wildman–Crippen MR) is 74.0 cm³/mol. The third-order valence-electron chi connectivity index (χ3n) is 2.75. The average molecular weight is 292 g/mol. The zero-order valence-electron chi connectivity index (χ0n) is 11.4. The van der Waals surface area contributed by atoms with E-state index in [9.17, 15) is 9.18 Å². The summed E-state index contributed by atoms with van der Waals surface area (Å²) in [6, 6.07) is 5.85. The molecule has 0 radical (unpaired) electrons. The molecule has 0 aliphatic heterocycles. The molecule has 0 aliphatic carbocycles. The second kappa shape index (κ2) is 6.08. The highest BCUT2D eigenvalue weighted by atomic mass is 19.1. The number of nitrogens with zero attached hydrogens (tertiary/aromatic N) is 1. The number of carboxylic acids is 1. The van der Waals surface area contributed by atoms with Crippen molar-refractivity contribution in [2.24, 2.45) is 0 Å². The number of pyridine rings is 1. The molecule has 0 saturated carbocycles. The van der Waals surface area contributed by atoms with Gasteiger partial charge in [-0.3, -0.25) is 0 Å². The van der Waals surface area contributed by atoms with Crippen LogP contribution in [0.25, 0.3) is 0 Å². The summed E-state index contributed by atoms with van der Waals surface area (Å²) in [6.07, 6.45) is 0.935. The minimum Gasteiger partial charge on any atom is -0.497 e. The van der Waals surface area contributed by atoms with E-state index in [2.05, 4.69) is 10.3 Å².